The zero-order valence-electron chi connectivity index (χ0n) is 14.7. The van der Waals surface area contributed by atoms with Crippen LogP contribution in [0.3, 0.4) is 0 Å². The van der Waals surface area contributed by atoms with E-state index in [9.17, 15) is 9.59 Å². The van der Waals surface area contributed by atoms with E-state index in [4.69, 9.17) is 0 Å². The van der Waals surface area contributed by atoms with Crippen molar-refractivity contribution < 1.29 is 4.79 Å². The lowest BCUT2D eigenvalue weighted by Crippen LogP contribution is -2.60. The Labute approximate surface area is 151 Å². The molecule has 1 N–H and O–H groups in total. The first-order chi connectivity index (χ1) is 12.6. The summed E-state index contributed by atoms with van der Waals surface area (Å²) in [5.41, 5.74) is 0.201. The average Bonchev–Trinajstić information content (AvgIpc) is 2.94. The number of amides is 1. The summed E-state index contributed by atoms with van der Waals surface area (Å²) in [4.78, 5) is 25.1. The minimum atomic E-state index is -0.392. The molecule has 136 valence electrons. The van der Waals surface area contributed by atoms with E-state index in [1.54, 1.807) is 12.1 Å². The molecule has 26 heavy (non-hydrogen) atoms. The highest BCUT2D eigenvalue weighted by molar-refractivity contribution is 5.76. The van der Waals surface area contributed by atoms with Gasteiger partial charge in [-0.3, -0.25) is 4.79 Å². The highest BCUT2D eigenvalue weighted by Crippen LogP contribution is 2.55. The summed E-state index contributed by atoms with van der Waals surface area (Å²) in [5.74, 6) is 2.17. The van der Waals surface area contributed by atoms with Crippen LogP contribution in [0.25, 0.3) is 5.69 Å². The van der Waals surface area contributed by atoms with Gasteiger partial charge in [0.05, 0.1) is 5.69 Å². The Balaban J connectivity index is 1.31. The Kier molecular flexibility index (Phi) is 3.52. The van der Waals surface area contributed by atoms with Crippen LogP contribution in [0.15, 0.2) is 35.1 Å². The van der Waals surface area contributed by atoms with Crippen molar-refractivity contribution in [1.82, 2.24) is 25.1 Å². The van der Waals surface area contributed by atoms with Crippen LogP contribution in [0, 0.1) is 17.8 Å². The van der Waals surface area contributed by atoms with E-state index in [0.717, 1.165) is 41.7 Å². The monoisotopic (exact) mass is 353 g/mol. The Bertz CT molecular complexity index is 850. The number of rotatable bonds is 4. The lowest BCUT2D eigenvalue weighted by Gasteiger charge is -2.56. The van der Waals surface area contributed by atoms with Gasteiger partial charge in [-0.2, -0.15) is 9.36 Å². The summed E-state index contributed by atoms with van der Waals surface area (Å²) in [6.07, 6.45) is 7.28. The van der Waals surface area contributed by atoms with Crippen LogP contribution in [-0.4, -0.2) is 31.2 Å². The largest absolute Gasteiger partial charge is 0.368 e. The first-order valence-corrected chi connectivity index (χ1v) is 9.49. The molecule has 4 fully saturated rings. The quantitative estimate of drug-likeness (QED) is 0.903. The summed E-state index contributed by atoms with van der Waals surface area (Å²) in [6.45, 7) is -0.0760. The Morgan fingerprint density at radius 1 is 1.04 bits per heavy atom. The van der Waals surface area contributed by atoms with Gasteiger partial charge in [-0.25, -0.2) is 4.79 Å². The van der Waals surface area contributed by atoms with E-state index in [1.165, 1.54) is 23.9 Å². The number of nitrogens with zero attached hydrogens (tertiary/aromatic N) is 4. The third kappa shape index (κ3) is 2.66. The molecule has 7 nitrogen and oxygen atoms in total. The zero-order chi connectivity index (χ0) is 17.7. The van der Waals surface area contributed by atoms with Crippen LogP contribution in [0.5, 0.6) is 0 Å². The van der Waals surface area contributed by atoms with Gasteiger partial charge in [0.25, 0.3) is 0 Å². The van der Waals surface area contributed by atoms with E-state index in [1.807, 2.05) is 18.2 Å². The maximum absolute atomic E-state index is 12.6. The van der Waals surface area contributed by atoms with Gasteiger partial charge in [0.15, 0.2) is 0 Å². The Morgan fingerprint density at radius 2 is 1.65 bits per heavy atom. The Morgan fingerprint density at radius 3 is 2.27 bits per heavy atom. The van der Waals surface area contributed by atoms with Gasteiger partial charge in [0.1, 0.15) is 6.54 Å². The fourth-order valence-electron chi connectivity index (χ4n) is 5.84. The van der Waals surface area contributed by atoms with E-state index in [0.29, 0.717) is 5.69 Å². The third-order valence-electron chi connectivity index (χ3n) is 6.38. The van der Waals surface area contributed by atoms with Gasteiger partial charge in [0.2, 0.25) is 5.91 Å². The highest BCUT2D eigenvalue weighted by Gasteiger charge is 2.51. The molecule has 1 aromatic carbocycles. The molecule has 1 amide bonds. The molecule has 4 bridgehead atoms. The lowest BCUT2D eigenvalue weighted by molar-refractivity contribution is -0.127. The molecule has 0 unspecified atom stereocenters. The van der Waals surface area contributed by atoms with Crippen molar-refractivity contribution in [2.45, 2.75) is 50.6 Å². The van der Waals surface area contributed by atoms with E-state index in [-0.39, 0.29) is 18.0 Å². The van der Waals surface area contributed by atoms with Gasteiger partial charge in [-0.15, -0.1) is 0 Å². The van der Waals surface area contributed by atoms with Crippen LogP contribution in [0.1, 0.15) is 38.5 Å². The van der Waals surface area contributed by atoms with E-state index in [2.05, 4.69) is 15.7 Å². The van der Waals surface area contributed by atoms with Crippen molar-refractivity contribution in [3.8, 4) is 5.69 Å². The number of hydrogen-bond donors (Lipinski definition) is 1. The number of carbonyl (C=O) groups is 1. The van der Waals surface area contributed by atoms with E-state index >= 15 is 0 Å². The summed E-state index contributed by atoms with van der Waals surface area (Å²) < 4.78 is 2.36. The molecule has 0 aliphatic heterocycles. The second-order valence-electron chi connectivity index (χ2n) is 8.41. The molecule has 4 aliphatic carbocycles. The van der Waals surface area contributed by atoms with Gasteiger partial charge in [-0.1, -0.05) is 18.2 Å². The minimum absolute atomic E-state index is 0.0507. The zero-order valence-corrected chi connectivity index (χ0v) is 14.7. The number of tetrazole rings is 1. The standard InChI is InChI=1S/C19H23N5O2/c25-17(20-19-9-13-6-14(10-19)8-15(7-13)11-19)12-23-18(26)24(22-21-23)16-4-2-1-3-5-16/h1-5,13-15H,6-12H2,(H,20,25). The molecule has 2 aromatic rings. The smallest absolute Gasteiger partial charge is 0.349 e. The topological polar surface area (TPSA) is 81.8 Å². The van der Waals surface area contributed by atoms with Crippen molar-refractivity contribution in [1.29, 1.82) is 0 Å². The van der Waals surface area contributed by atoms with E-state index < -0.39 is 5.69 Å². The maximum atomic E-state index is 12.6. The highest BCUT2D eigenvalue weighted by atomic mass is 16.2. The molecule has 1 heterocycles. The number of benzene rings is 1. The Hall–Kier alpha value is -2.44. The maximum Gasteiger partial charge on any atom is 0.368 e. The molecule has 0 saturated heterocycles. The van der Waals surface area contributed by atoms with Gasteiger partial charge in [0, 0.05) is 5.54 Å². The molecule has 1 aromatic heterocycles. The molecule has 4 aliphatic rings. The SMILES string of the molecule is O=C(Cn1nnn(-c2ccccc2)c1=O)NC12CC3CC(CC(C3)C1)C2. The van der Waals surface area contributed by atoms with Crippen LogP contribution in [0.4, 0.5) is 0 Å². The number of para-hydroxylation sites is 1. The van der Waals surface area contributed by atoms with Gasteiger partial charge >= 0.3 is 5.69 Å². The summed E-state index contributed by atoms with van der Waals surface area (Å²) in [6, 6.07) is 9.12. The number of carbonyl (C=O) groups excluding carboxylic acids is 1. The summed E-state index contributed by atoms with van der Waals surface area (Å²) >= 11 is 0. The summed E-state index contributed by atoms with van der Waals surface area (Å²) in [5, 5.41) is 11.1. The average molecular weight is 353 g/mol. The fourth-order valence-corrected chi connectivity index (χ4v) is 5.84. The molecule has 0 spiro atoms. The van der Waals surface area contributed by atoms with Gasteiger partial charge in [-0.05, 0) is 78.8 Å². The normalized spacial score (nSPS) is 31.9. The molecule has 0 radical (unpaired) electrons. The van der Waals surface area contributed by atoms with Crippen molar-refractivity contribution in [2.24, 2.45) is 17.8 Å². The molecule has 6 rings (SSSR count). The molecule has 7 heteroatoms. The number of nitrogens with one attached hydrogen (secondary N) is 1. The van der Waals surface area contributed by atoms with Gasteiger partial charge < -0.3 is 5.32 Å². The predicted octanol–water partition coefficient (Wildman–Crippen LogP) is 1.51. The molecular weight excluding hydrogens is 330 g/mol. The van der Waals surface area contributed by atoms with Crippen molar-refractivity contribution in [2.75, 3.05) is 0 Å². The van der Waals surface area contributed by atoms with Crippen molar-refractivity contribution in [3.63, 3.8) is 0 Å². The lowest BCUT2D eigenvalue weighted by atomic mass is 9.53. The first-order valence-electron chi connectivity index (χ1n) is 9.49. The van der Waals surface area contributed by atoms with Crippen LogP contribution in [-0.2, 0) is 11.3 Å². The van der Waals surface area contributed by atoms with Crippen LogP contribution >= 0.6 is 0 Å². The fraction of sp³-hybridized carbons (Fsp3) is 0.579. The molecule has 4 saturated carbocycles. The van der Waals surface area contributed by atoms with Crippen LogP contribution in [0.2, 0.25) is 0 Å². The summed E-state index contributed by atoms with van der Waals surface area (Å²) in [7, 11) is 0. The second-order valence-corrected chi connectivity index (χ2v) is 8.41. The van der Waals surface area contributed by atoms with Crippen molar-refractivity contribution >= 4 is 5.91 Å². The molecule has 0 atom stereocenters. The number of aromatic nitrogens is 4. The van der Waals surface area contributed by atoms with Crippen LogP contribution < -0.4 is 11.0 Å². The first kappa shape index (κ1) is 15.8. The van der Waals surface area contributed by atoms with Crippen molar-refractivity contribution in [3.05, 3.63) is 40.8 Å². The number of hydrogen-bond acceptors (Lipinski definition) is 4. The second kappa shape index (κ2) is 5.79. The predicted molar refractivity (Wildman–Crippen MR) is 94.7 cm³/mol. The third-order valence-corrected chi connectivity index (χ3v) is 6.38. The molecular formula is C19H23N5O2. The minimum Gasteiger partial charge on any atom is -0.349 e.